The number of hydrogen-bond acceptors (Lipinski definition) is 26. The van der Waals surface area contributed by atoms with E-state index in [0.29, 0.717) is 0 Å². The van der Waals surface area contributed by atoms with Crippen LogP contribution in [0.2, 0.25) is 0 Å². The largest absolute Gasteiger partial charge is 0.397 e. The zero-order valence-corrected chi connectivity index (χ0v) is 36.7. The van der Waals surface area contributed by atoms with Gasteiger partial charge in [-0.2, -0.15) is 26.6 Å². The minimum Gasteiger partial charge on any atom is -0.388 e. The van der Waals surface area contributed by atoms with Crippen molar-refractivity contribution in [2.75, 3.05) is 13.2 Å². The van der Waals surface area contributed by atoms with Crippen molar-refractivity contribution in [3.05, 3.63) is 0 Å². The van der Waals surface area contributed by atoms with E-state index in [1.54, 1.807) is 20.8 Å². The Morgan fingerprint density at radius 2 is 0.984 bits per heavy atom. The molecule has 4 fully saturated rings. The molecule has 4 heterocycles. The molecule has 2 amide bonds. The quantitative estimate of drug-likeness (QED) is 0.0349. The van der Waals surface area contributed by atoms with Crippen LogP contribution in [0.25, 0.3) is 0 Å². The molecule has 64 heavy (non-hydrogen) atoms. The van der Waals surface area contributed by atoms with Crippen LogP contribution in [0.3, 0.4) is 0 Å². The van der Waals surface area contributed by atoms with Crippen LogP contribution in [0.4, 0.5) is 0 Å². The van der Waals surface area contributed by atoms with Gasteiger partial charge in [0.1, 0.15) is 67.1 Å². The number of aliphatic hydroxyl groups is 5. The number of carbonyl (C=O) groups excluding carboxylic acids is 2. The Labute approximate surface area is 365 Å². The summed E-state index contributed by atoms with van der Waals surface area (Å²) in [6.07, 6.45) is -31.6. The van der Waals surface area contributed by atoms with E-state index in [2.05, 4.69) is 29.1 Å². The minimum absolute atomic E-state index is 0.658. The predicted molar refractivity (Wildman–Crippen MR) is 197 cm³/mol. The SMILES string of the molecule is CC(=O)NC1C(OC2C(C)OC(OC3C(NC(C)=O)C(C(C)(C)C)OC(COS(=O)(=O)O)C3OOO)C(O)C2O)OC(COS(=O)(=O)O)C(OOO)C1OC1OC(C)C(O)C(O)C1O. The summed E-state index contributed by atoms with van der Waals surface area (Å²) in [6, 6.07) is -3.02. The highest BCUT2D eigenvalue weighted by Gasteiger charge is 2.58. The second kappa shape index (κ2) is 22.4. The van der Waals surface area contributed by atoms with E-state index in [0.717, 1.165) is 13.8 Å². The Morgan fingerprint density at radius 1 is 0.562 bits per heavy atom. The second-order valence-electron chi connectivity index (χ2n) is 16.3. The number of hydrogen-bond donors (Lipinski definition) is 11. The first kappa shape index (κ1) is 54.6. The maximum atomic E-state index is 12.6. The molecule has 4 saturated heterocycles. The highest BCUT2D eigenvalue weighted by atomic mass is 32.3. The third kappa shape index (κ3) is 14.0. The third-order valence-electron chi connectivity index (χ3n) is 10.5. The van der Waals surface area contributed by atoms with Crippen molar-refractivity contribution in [3.8, 4) is 0 Å². The number of rotatable bonds is 18. The Bertz CT molecular complexity index is 1760. The molecular weight excluding hydrogens is 924 g/mol. The smallest absolute Gasteiger partial charge is 0.388 e. The van der Waals surface area contributed by atoms with Crippen molar-refractivity contribution in [2.24, 2.45) is 5.41 Å². The Kier molecular flexibility index (Phi) is 19.1. The lowest BCUT2D eigenvalue weighted by molar-refractivity contribution is -0.528. The van der Waals surface area contributed by atoms with Crippen molar-refractivity contribution in [1.29, 1.82) is 0 Å². The summed E-state index contributed by atoms with van der Waals surface area (Å²) in [6.45, 7) is 7.56. The van der Waals surface area contributed by atoms with E-state index in [4.69, 9.17) is 42.9 Å². The van der Waals surface area contributed by atoms with Gasteiger partial charge in [-0.05, 0) is 19.3 Å². The summed E-state index contributed by atoms with van der Waals surface area (Å²) in [5.41, 5.74) is -0.919. The third-order valence-corrected chi connectivity index (χ3v) is 11.3. The average Bonchev–Trinajstić information content (AvgIpc) is 3.17. The molecule has 0 bridgehead atoms. The number of ether oxygens (including phenoxy) is 7. The summed E-state index contributed by atoms with van der Waals surface area (Å²) in [7, 11) is -10.3. The molecule has 4 aliphatic rings. The summed E-state index contributed by atoms with van der Waals surface area (Å²) >= 11 is 0. The van der Waals surface area contributed by atoms with E-state index in [9.17, 15) is 71.6 Å². The lowest BCUT2D eigenvalue weighted by Crippen LogP contribution is -2.71. The van der Waals surface area contributed by atoms with Gasteiger partial charge < -0.3 is 69.3 Å². The Morgan fingerprint density at radius 3 is 1.44 bits per heavy atom. The summed E-state index contributed by atoms with van der Waals surface area (Å²) < 4.78 is 115. The van der Waals surface area contributed by atoms with E-state index in [-0.39, 0.29) is 0 Å². The minimum atomic E-state index is -5.23. The zero-order valence-electron chi connectivity index (χ0n) is 35.1. The van der Waals surface area contributed by atoms with E-state index >= 15 is 0 Å². The fourth-order valence-electron chi connectivity index (χ4n) is 7.61. The van der Waals surface area contributed by atoms with Gasteiger partial charge in [-0.1, -0.05) is 30.8 Å². The lowest BCUT2D eigenvalue weighted by Gasteiger charge is -2.52. The molecule has 20 unspecified atom stereocenters. The molecular formula is C32H56N2O28S2. The van der Waals surface area contributed by atoms with Crippen LogP contribution in [0.1, 0.15) is 48.5 Å². The first-order valence-corrected chi connectivity index (χ1v) is 22.0. The summed E-state index contributed by atoms with van der Waals surface area (Å²) in [5.74, 6) is -1.50. The molecule has 0 saturated carbocycles. The Hall–Kier alpha value is -2.04. The molecule has 374 valence electrons. The van der Waals surface area contributed by atoms with Crippen molar-refractivity contribution in [2.45, 2.75) is 171 Å². The molecule has 4 rings (SSSR count). The summed E-state index contributed by atoms with van der Waals surface area (Å²) in [5, 5.41) is 86.0. The number of aliphatic hydroxyl groups excluding tert-OH is 5. The van der Waals surface area contributed by atoms with Gasteiger partial charge in [0.2, 0.25) is 11.8 Å². The molecule has 30 nitrogen and oxygen atoms in total. The highest BCUT2D eigenvalue weighted by molar-refractivity contribution is 7.81. The van der Waals surface area contributed by atoms with E-state index in [1.165, 1.54) is 13.8 Å². The molecule has 0 aromatic carbocycles. The average molecular weight is 981 g/mol. The second-order valence-corrected chi connectivity index (χ2v) is 18.5. The molecule has 0 radical (unpaired) electrons. The van der Waals surface area contributed by atoms with Crippen LogP contribution in [-0.4, -0.2) is 210 Å². The standard InChI is InChI=1S/C32H56N2O28S2/c1-10-18(37)19(38)21(40)30(52-10)58-27-17(34-13(4)36)29(55-15(25(27)60-62-43)9-51-64(47,48)49)56-23-11(2)53-31(22(41)20(23)39)57-26-16(33-12(3)35)28(32(5,6)7)54-14(24(26)59-61-42)8-50-63(44,45)46/h10-11,14-31,37-43H,8-9H2,1-7H3,(H,33,35)(H,34,36)(H,44,45,46)(H,47,48,49). The maximum absolute atomic E-state index is 12.6. The maximum Gasteiger partial charge on any atom is 0.397 e. The molecule has 4 aliphatic heterocycles. The van der Waals surface area contributed by atoms with Crippen LogP contribution in [0.15, 0.2) is 0 Å². The molecule has 11 N–H and O–H groups in total. The van der Waals surface area contributed by atoms with Gasteiger partial charge in [0.25, 0.3) is 0 Å². The summed E-state index contributed by atoms with van der Waals surface area (Å²) in [4.78, 5) is 35.0. The van der Waals surface area contributed by atoms with Gasteiger partial charge in [0, 0.05) is 13.8 Å². The monoisotopic (exact) mass is 980 g/mol. The van der Waals surface area contributed by atoms with Crippen molar-refractivity contribution in [3.63, 3.8) is 0 Å². The number of amides is 2. The van der Waals surface area contributed by atoms with Crippen molar-refractivity contribution >= 4 is 32.6 Å². The first-order chi connectivity index (χ1) is 29.6. The lowest BCUT2D eigenvalue weighted by atomic mass is 9.78. The first-order valence-electron chi connectivity index (χ1n) is 19.3. The molecule has 0 aromatic rings. The van der Waals surface area contributed by atoms with Crippen LogP contribution in [0.5, 0.6) is 0 Å². The molecule has 32 heteroatoms. The molecule has 20 atom stereocenters. The molecule has 0 aliphatic carbocycles. The van der Waals surface area contributed by atoms with Gasteiger partial charge in [-0.25, -0.2) is 18.9 Å². The molecule has 0 spiro atoms. The van der Waals surface area contributed by atoms with Gasteiger partial charge in [-0.15, -0.1) is 0 Å². The molecule has 0 aromatic heterocycles. The van der Waals surface area contributed by atoms with E-state index in [1.807, 2.05) is 0 Å². The van der Waals surface area contributed by atoms with E-state index < -0.39 is 174 Å². The van der Waals surface area contributed by atoms with Crippen LogP contribution in [0, 0.1) is 5.41 Å². The highest BCUT2D eigenvalue weighted by Crippen LogP contribution is 2.39. The number of nitrogens with one attached hydrogen (secondary N) is 2. The van der Waals surface area contributed by atoms with Crippen LogP contribution in [-0.2, 0) is 91.8 Å². The predicted octanol–water partition coefficient (Wildman–Crippen LogP) is -4.80. The number of carbonyl (C=O) groups is 2. The normalized spacial score (nSPS) is 41.3. The zero-order chi connectivity index (χ0) is 48.2. The van der Waals surface area contributed by atoms with Gasteiger partial charge in [0.05, 0.1) is 37.6 Å². The fraction of sp³-hybridized carbons (Fsp3) is 0.938. The fourth-order valence-corrected chi connectivity index (χ4v) is 8.22. The Balaban J connectivity index is 1.70. The van der Waals surface area contributed by atoms with Crippen molar-refractivity contribution in [1.82, 2.24) is 10.6 Å². The van der Waals surface area contributed by atoms with Crippen LogP contribution < -0.4 is 10.6 Å². The van der Waals surface area contributed by atoms with Crippen molar-refractivity contribution < 1.29 is 133 Å². The van der Waals surface area contributed by atoms with Gasteiger partial charge in [0.15, 0.2) is 31.1 Å². The van der Waals surface area contributed by atoms with Gasteiger partial charge >= 0.3 is 20.8 Å². The van der Waals surface area contributed by atoms with Crippen LogP contribution >= 0.6 is 0 Å². The van der Waals surface area contributed by atoms with Gasteiger partial charge in [-0.3, -0.25) is 18.7 Å². The topological polar surface area (TPSA) is 429 Å².